The Morgan fingerprint density at radius 3 is 2.57 bits per heavy atom. The molecule has 1 N–H and O–H groups in total. The topological polar surface area (TPSA) is 103 Å². The second-order valence-corrected chi connectivity index (χ2v) is 15.8. The number of carbonyl (C=O) groups is 1. The van der Waals surface area contributed by atoms with Crippen molar-refractivity contribution in [3.05, 3.63) is 61.2 Å². The molecule has 198 valence electrons. The maximum Gasteiger partial charge on any atom is 0.259 e. The first-order valence-electron chi connectivity index (χ1n) is 12.6. The van der Waals surface area contributed by atoms with Gasteiger partial charge in [0.05, 0.1) is 25.1 Å². The van der Waals surface area contributed by atoms with E-state index in [1.54, 1.807) is 29.4 Å². The van der Waals surface area contributed by atoms with E-state index in [1.807, 2.05) is 29.7 Å². The molecule has 0 bridgehead atoms. The number of amides is 1. The van der Waals surface area contributed by atoms with Gasteiger partial charge in [-0.2, -0.15) is 0 Å². The first-order chi connectivity index (χ1) is 17.5. The molecule has 9 nitrogen and oxygen atoms in total. The monoisotopic (exact) mass is 523 g/mol. The van der Waals surface area contributed by atoms with Crippen LogP contribution in [0.5, 0.6) is 0 Å². The highest BCUT2D eigenvalue weighted by molar-refractivity contribution is 6.74. The Morgan fingerprint density at radius 2 is 1.95 bits per heavy atom. The summed E-state index contributed by atoms with van der Waals surface area (Å²) in [6.45, 7) is 17.0. The normalized spacial score (nSPS) is 22.4. The molecule has 0 unspecified atom stereocenters. The summed E-state index contributed by atoms with van der Waals surface area (Å²) < 4.78 is 15.0. The van der Waals surface area contributed by atoms with E-state index in [4.69, 9.17) is 9.16 Å². The van der Waals surface area contributed by atoms with E-state index >= 15 is 0 Å². The Bertz CT molecular complexity index is 1260. The lowest BCUT2D eigenvalue weighted by molar-refractivity contribution is -0.0467. The minimum absolute atomic E-state index is 0.00388. The number of carbonyl (C=O) groups excluding carboxylic acids is 1. The van der Waals surface area contributed by atoms with Crippen molar-refractivity contribution in [3.63, 3.8) is 0 Å². The van der Waals surface area contributed by atoms with Gasteiger partial charge in [-0.15, -0.1) is 6.58 Å². The van der Waals surface area contributed by atoms with Gasteiger partial charge >= 0.3 is 0 Å². The number of aliphatic hydroxyl groups is 1. The Morgan fingerprint density at radius 1 is 1.24 bits per heavy atom. The van der Waals surface area contributed by atoms with Crippen LogP contribution in [0.2, 0.25) is 18.1 Å². The molecular formula is C27H37N5O4Si. The van der Waals surface area contributed by atoms with Gasteiger partial charge < -0.3 is 14.3 Å². The molecule has 1 fully saturated rings. The largest absolute Gasteiger partial charge is 0.409 e. The van der Waals surface area contributed by atoms with E-state index in [2.05, 4.69) is 55.4 Å². The van der Waals surface area contributed by atoms with Crippen molar-refractivity contribution in [2.24, 2.45) is 5.92 Å². The lowest BCUT2D eigenvalue weighted by atomic mass is 10.0. The number of fused-ring (bicyclic) bond motifs is 1. The van der Waals surface area contributed by atoms with Crippen LogP contribution in [0.1, 0.15) is 44.3 Å². The SMILES string of the molecule is C=CCN(C(=O)c1ccccc1)c1ncnc2c1ncn2[C@@H]1O[C@H](CO)[C@@H](C)[C@H]1O[Si](C)(C)C(C)(C)C. The van der Waals surface area contributed by atoms with Crippen molar-refractivity contribution < 1.29 is 19.1 Å². The van der Waals surface area contributed by atoms with E-state index in [0.29, 0.717) is 22.5 Å². The van der Waals surface area contributed by atoms with Gasteiger partial charge in [0.2, 0.25) is 0 Å². The predicted octanol–water partition coefficient (Wildman–Crippen LogP) is 4.58. The highest BCUT2D eigenvalue weighted by atomic mass is 28.4. The summed E-state index contributed by atoms with van der Waals surface area (Å²) in [6.07, 6.45) is 3.52. The zero-order valence-corrected chi connectivity index (χ0v) is 23.5. The van der Waals surface area contributed by atoms with Gasteiger partial charge in [-0.1, -0.05) is 52.0 Å². The van der Waals surface area contributed by atoms with E-state index in [9.17, 15) is 9.90 Å². The van der Waals surface area contributed by atoms with Crippen LogP contribution in [0.3, 0.4) is 0 Å². The predicted molar refractivity (Wildman–Crippen MR) is 146 cm³/mol. The third-order valence-corrected chi connectivity index (χ3v) is 12.0. The minimum atomic E-state index is -2.16. The maximum absolute atomic E-state index is 13.4. The molecule has 1 aromatic carbocycles. The van der Waals surface area contributed by atoms with E-state index in [1.165, 1.54) is 6.33 Å². The zero-order chi connectivity index (χ0) is 27.0. The van der Waals surface area contributed by atoms with E-state index < -0.39 is 14.5 Å². The van der Waals surface area contributed by atoms with Crippen LogP contribution in [0.15, 0.2) is 55.6 Å². The van der Waals surface area contributed by atoms with Crippen molar-refractivity contribution in [2.75, 3.05) is 18.1 Å². The number of hydrogen-bond acceptors (Lipinski definition) is 7. The molecule has 1 aliphatic rings. The van der Waals surface area contributed by atoms with E-state index in [0.717, 1.165) is 0 Å². The number of anilines is 1. The fraction of sp³-hybridized carbons (Fsp3) is 0.481. The van der Waals surface area contributed by atoms with Crippen molar-refractivity contribution in [1.29, 1.82) is 0 Å². The Hall–Kier alpha value is -2.92. The second kappa shape index (κ2) is 10.4. The summed E-state index contributed by atoms with van der Waals surface area (Å²) in [5.74, 6) is 0.143. The summed E-state index contributed by atoms with van der Waals surface area (Å²) >= 11 is 0. The molecule has 4 rings (SSSR count). The highest BCUT2D eigenvalue weighted by Crippen LogP contribution is 2.44. The van der Waals surface area contributed by atoms with Gasteiger partial charge in [0, 0.05) is 18.0 Å². The molecule has 2 aromatic heterocycles. The Balaban J connectivity index is 1.76. The molecule has 4 atom stereocenters. The fourth-order valence-electron chi connectivity index (χ4n) is 4.32. The molecule has 10 heteroatoms. The molecule has 1 aliphatic heterocycles. The van der Waals surface area contributed by atoms with Crippen LogP contribution < -0.4 is 4.90 Å². The number of rotatable bonds is 8. The molecule has 0 aliphatic carbocycles. The third-order valence-electron chi connectivity index (χ3n) is 7.56. The molecule has 0 radical (unpaired) electrons. The van der Waals surface area contributed by atoms with Crippen molar-refractivity contribution in [3.8, 4) is 0 Å². The molecule has 3 heterocycles. The molecule has 3 aromatic rings. The first-order valence-corrected chi connectivity index (χ1v) is 15.5. The van der Waals surface area contributed by atoms with Crippen molar-refractivity contribution in [2.45, 2.75) is 64.3 Å². The zero-order valence-electron chi connectivity index (χ0n) is 22.5. The van der Waals surface area contributed by atoms with Crippen LogP contribution in [0.25, 0.3) is 11.2 Å². The lowest BCUT2D eigenvalue weighted by Crippen LogP contribution is -2.46. The quantitative estimate of drug-likeness (QED) is 0.341. The van der Waals surface area contributed by atoms with Gasteiger partial charge in [-0.3, -0.25) is 14.3 Å². The average molecular weight is 524 g/mol. The number of aromatic nitrogens is 4. The van der Waals surface area contributed by atoms with Gasteiger partial charge in [-0.05, 0) is 30.3 Å². The molecular weight excluding hydrogens is 486 g/mol. The van der Waals surface area contributed by atoms with Crippen LogP contribution in [0, 0.1) is 5.92 Å². The lowest BCUT2D eigenvalue weighted by Gasteiger charge is -2.40. The smallest absolute Gasteiger partial charge is 0.259 e. The number of hydrogen-bond donors (Lipinski definition) is 1. The number of ether oxygens (including phenoxy) is 1. The fourth-order valence-corrected chi connectivity index (χ4v) is 5.69. The second-order valence-electron chi connectivity index (χ2n) is 11.0. The van der Waals surface area contributed by atoms with Crippen LogP contribution >= 0.6 is 0 Å². The standard InChI is InChI=1S/C27H37N5O4Si/c1-8-14-31(25(34)19-12-10-9-11-13-19)23-21-24(29-16-28-23)32(17-30-21)26-22(18(2)20(15-33)35-26)36-37(6,7)27(3,4)5/h8-13,16-18,20,22,26,33H,1,14-15H2,2-7H3/t18-,20-,22-,26-/m1/s1. The summed E-state index contributed by atoms with van der Waals surface area (Å²) in [6, 6.07) is 9.04. The average Bonchev–Trinajstić information content (AvgIpc) is 3.42. The molecule has 1 saturated heterocycles. The number of nitrogens with zero attached hydrogens (tertiary/aromatic N) is 5. The van der Waals surface area contributed by atoms with Gasteiger partial charge in [0.1, 0.15) is 6.33 Å². The molecule has 37 heavy (non-hydrogen) atoms. The van der Waals surface area contributed by atoms with Gasteiger partial charge in [0.15, 0.2) is 31.5 Å². The number of aliphatic hydroxyl groups excluding tert-OH is 1. The minimum Gasteiger partial charge on any atom is -0.409 e. The van der Waals surface area contributed by atoms with Gasteiger partial charge in [0.25, 0.3) is 5.91 Å². The van der Waals surface area contributed by atoms with Crippen LogP contribution in [-0.2, 0) is 9.16 Å². The maximum atomic E-state index is 13.4. The summed E-state index contributed by atoms with van der Waals surface area (Å²) in [5, 5.41) is 10.0. The highest BCUT2D eigenvalue weighted by Gasteiger charge is 2.49. The summed E-state index contributed by atoms with van der Waals surface area (Å²) in [4.78, 5) is 28.5. The Labute approximate surface area is 219 Å². The Kier molecular flexibility index (Phi) is 7.66. The van der Waals surface area contributed by atoms with Crippen LogP contribution in [0.4, 0.5) is 5.82 Å². The van der Waals surface area contributed by atoms with Crippen LogP contribution in [-0.4, -0.2) is 64.2 Å². The summed E-state index contributed by atoms with van der Waals surface area (Å²) in [7, 11) is -2.16. The van der Waals surface area contributed by atoms with Crippen molar-refractivity contribution in [1.82, 2.24) is 19.5 Å². The van der Waals surface area contributed by atoms with Crippen molar-refractivity contribution >= 4 is 31.2 Å². The molecule has 1 amide bonds. The van der Waals surface area contributed by atoms with Gasteiger partial charge in [-0.25, -0.2) is 15.0 Å². The number of benzene rings is 1. The molecule has 0 spiro atoms. The van der Waals surface area contributed by atoms with E-state index in [-0.39, 0.29) is 42.2 Å². The third kappa shape index (κ3) is 5.11. The number of imidazole rings is 1. The summed E-state index contributed by atoms with van der Waals surface area (Å²) in [5.41, 5.74) is 1.54. The molecule has 0 saturated carbocycles. The first kappa shape index (κ1) is 27.1.